The minimum Gasteiger partial charge on any atom is -0.493 e. The maximum Gasteiger partial charge on any atom is 0.343 e. The molecular weight excluding hydrogens is 708 g/mol. The number of ether oxygens (including phenoxy) is 11. The van der Waals surface area contributed by atoms with Gasteiger partial charge in [-0.15, -0.1) is 0 Å². The van der Waals surface area contributed by atoms with Crippen LogP contribution in [0.25, 0.3) is 0 Å². The van der Waals surface area contributed by atoms with E-state index in [1.54, 1.807) is 0 Å². The van der Waals surface area contributed by atoms with Crippen LogP contribution in [-0.4, -0.2) is 85.9 Å². The van der Waals surface area contributed by atoms with E-state index in [1.165, 1.54) is 78.0 Å². The number of benzene rings is 3. The van der Waals surface area contributed by atoms with Crippen LogP contribution in [0, 0.1) is 0 Å². The third-order valence-electron chi connectivity index (χ3n) is 7.33. The molecular formula is C39H44O15. The molecule has 0 unspecified atom stereocenters. The zero-order valence-corrected chi connectivity index (χ0v) is 30.9. The molecule has 15 nitrogen and oxygen atoms in total. The Balaban J connectivity index is 1.68. The van der Waals surface area contributed by atoms with Crippen molar-refractivity contribution in [3.05, 3.63) is 78.9 Å². The fraction of sp³-hybridized carbons (Fsp3) is 0.333. The van der Waals surface area contributed by atoms with E-state index in [1.807, 2.05) is 0 Å². The molecule has 0 fully saturated rings. The average Bonchev–Trinajstić information content (AvgIpc) is 3.19. The summed E-state index contributed by atoms with van der Waals surface area (Å²) in [5.41, 5.74) is 0.195. The van der Waals surface area contributed by atoms with E-state index in [-0.39, 0.29) is 89.3 Å². The summed E-state index contributed by atoms with van der Waals surface area (Å²) < 4.78 is 60.1. The number of carbonyl (C=O) groups excluding carboxylic acids is 4. The van der Waals surface area contributed by atoms with Gasteiger partial charge in [0, 0.05) is 18.2 Å². The van der Waals surface area contributed by atoms with Crippen LogP contribution in [0.5, 0.6) is 51.7 Å². The number of unbranched alkanes of at least 4 members (excludes halogenated alkanes) is 2. The van der Waals surface area contributed by atoms with Gasteiger partial charge < -0.3 is 52.1 Å². The Morgan fingerprint density at radius 2 is 0.889 bits per heavy atom. The van der Waals surface area contributed by atoms with Crippen molar-refractivity contribution in [3.63, 3.8) is 0 Å². The Hall–Kier alpha value is -6.38. The Bertz CT molecular complexity index is 1730. The molecule has 15 heteroatoms. The lowest BCUT2D eigenvalue weighted by Crippen LogP contribution is -2.12. The topological polar surface area (TPSA) is 170 Å². The van der Waals surface area contributed by atoms with Gasteiger partial charge in [0.05, 0.1) is 73.1 Å². The number of hydrogen-bond acceptors (Lipinski definition) is 15. The normalized spacial score (nSPS) is 10.2. The van der Waals surface area contributed by atoms with Crippen molar-refractivity contribution >= 4 is 23.9 Å². The second-order valence-electron chi connectivity index (χ2n) is 10.9. The Morgan fingerprint density at radius 3 is 1.28 bits per heavy atom. The van der Waals surface area contributed by atoms with Crippen molar-refractivity contribution in [2.24, 2.45) is 0 Å². The lowest BCUT2D eigenvalue weighted by molar-refractivity contribution is -0.138. The van der Waals surface area contributed by atoms with Gasteiger partial charge in [-0.25, -0.2) is 19.2 Å². The van der Waals surface area contributed by atoms with Gasteiger partial charge >= 0.3 is 23.9 Å². The highest BCUT2D eigenvalue weighted by molar-refractivity contribution is 5.94. The van der Waals surface area contributed by atoms with E-state index >= 15 is 0 Å². The first-order valence-corrected chi connectivity index (χ1v) is 16.6. The second-order valence-corrected chi connectivity index (χ2v) is 10.9. The van der Waals surface area contributed by atoms with Gasteiger partial charge in [-0.3, -0.25) is 0 Å². The second kappa shape index (κ2) is 21.9. The molecule has 0 saturated heterocycles. The SMILES string of the molecule is C=CC(=O)OCCCCOc1c(OC)cc(C(=O)Oc2ccc(OC(=O)c3cc(OC)c(OCCCCOC(=O)C=C)c(OC)c3)c(OC)c2)cc1OC. The van der Waals surface area contributed by atoms with Crippen molar-refractivity contribution in [2.45, 2.75) is 25.7 Å². The predicted molar refractivity (Wildman–Crippen MR) is 194 cm³/mol. The number of hydrogen-bond donors (Lipinski definition) is 0. The molecule has 0 bridgehead atoms. The Morgan fingerprint density at radius 1 is 0.500 bits per heavy atom. The molecule has 0 aliphatic carbocycles. The summed E-state index contributed by atoms with van der Waals surface area (Å²) in [6.07, 6.45) is 4.44. The van der Waals surface area contributed by atoms with E-state index in [4.69, 9.17) is 52.1 Å². The van der Waals surface area contributed by atoms with Crippen LogP contribution < -0.4 is 42.6 Å². The highest BCUT2D eigenvalue weighted by Gasteiger charge is 2.22. The molecule has 0 saturated carbocycles. The Labute approximate surface area is 313 Å². The van der Waals surface area contributed by atoms with Crippen LogP contribution in [-0.2, 0) is 19.1 Å². The molecule has 0 radical (unpaired) electrons. The lowest BCUT2D eigenvalue weighted by atomic mass is 10.1. The van der Waals surface area contributed by atoms with Crippen LogP contribution >= 0.6 is 0 Å². The standard InChI is InChI=1S/C39H44O15/c1-8-34(40)49-16-10-12-18-51-36-30(45-4)20-25(21-31(36)46-5)38(42)53-27-14-15-28(29(24-27)44-3)54-39(43)26-22-32(47-6)37(33(23-26)48-7)52-19-13-11-17-50-35(41)9-2/h8-9,14-15,20-24H,1-2,10-13,16-19H2,3-7H3. The van der Waals surface area contributed by atoms with Crippen molar-refractivity contribution in [3.8, 4) is 51.7 Å². The summed E-state index contributed by atoms with van der Waals surface area (Å²) >= 11 is 0. The van der Waals surface area contributed by atoms with Crippen LogP contribution in [0.4, 0.5) is 0 Å². The van der Waals surface area contributed by atoms with Gasteiger partial charge in [-0.2, -0.15) is 0 Å². The highest BCUT2D eigenvalue weighted by Crippen LogP contribution is 2.41. The quantitative estimate of drug-likeness (QED) is 0.0482. The van der Waals surface area contributed by atoms with Crippen LogP contribution in [0.15, 0.2) is 67.8 Å². The molecule has 3 aromatic rings. The van der Waals surface area contributed by atoms with Gasteiger partial charge in [0.2, 0.25) is 11.5 Å². The maximum absolute atomic E-state index is 13.3. The molecule has 3 aromatic carbocycles. The molecule has 0 heterocycles. The van der Waals surface area contributed by atoms with Gasteiger partial charge in [0.15, 0.2) is 34.5 Å². The summed E-state index contributed by atoms with van der Waals surface area (Å²) in [4.78, 5) is 48.9. The van der Waals surface area contributed by atoms with Crippen molar-refractivity contribution in [2.75, 3.05) is 62.0 Å². The molecule has 0 aliphatic rings. The molecule has 0 spiro atoms. The molecule has 54 heavy (non-hydrogen) atoms. The van der Waals surface area contributed by atoms with Gasteiger partial charge in [-0.05, 0) is 62.1 Å². The van der Waals surface area contributed by atoms with Crippen molar-refractivity contribution < 1.29 is 71.3 Å². The first kappa shape index (κ1) is 42.0. The van der Waals surface area contributed by atoms with Gasteiger partial charge in [0.25, 0.3) is 0 Å². The zero-order chi connectivity index (χ0) is 39.5. The summed E-state index contributed by atoms with van der Waals surface area (Å²) in [6.45, 7) is 7.67. The molecule has 290 valence electrons. The fourth-order valence-corrected chi connectivity index (χ4v) is 4.62. The lowest BCUT2D eigenvalue weighted by Gasteiger charge is -2.17. The maximum atomic E-state index is 13.3. The average molecular weight is 753 g/mol. The molecule has 0 aliphatic heterocycles. The van der Waals surface area contributed by atoms with Crippen molar-refractivity contribution in [1.82, 2.24) is 0 Å². The van der Waals surface area contributed by atoms with Gasteiger partial charge in [-0.1, -0.05) is 13.2 Å². The number of methoxy groups -OCH3 is 5. The summed E-state index contributed by atoms with van der Waals surface area (Å²) in [6, 6.07) is 10.0. The summed E-state index contributed by atoms with van der Waals surface area (Å²) in [5, 5.41) is 0. The van der Waals surface area contributed by atoms with E-state index in [0.29, 0.717) is 25.7 Å². The Kier molecular flexibility index (Phi) is 17.0. The van der Waals surface area contributed by atoms with Crippen LogP contribution in [0.2, 0.25) is 0 Å². The van der Waals surface area contributed by atoms with Crippen LogP contribution in [0.3, 0.4) is 0 Å². The van der Waals surface area contributed by atoms with E-state index in [2.05, 4.69) is 13.2 Å². The van der Waals surface area contributed by atoms with E-state index in [9.17, 15) is 19.2 Å². The minimum atomic E-state index is -0.761. The molecule has 0 atom stereocenters. The number of esters is 4. The molecule has 0 N–H and O–H groups in total. The largest absolute Gasteiger partial charge is 0.493 e. The predicted octanol–water partition coefficient (Wildman–Crippen LogP) is 5.94. The molecule has 0 aromatic heterocycles. The monoisotopic (exact) mass is 752 g/mol. The minimum absolute atomic E-state index is 0.0430. The smallest absolute Gasteiger partial charge is 0.343 e. The first-order valence-electron chi connectivity index (χ1n) is 16.6. The third kappa shape index (κ3) is 12.1. The van der Waals surface area contributed by atoms with E-state index in [0.717, 1.165) is 12.2 Å². The molecule has 3 rings (SSSR count). The summed E-state index contributed by atoms with van der Waals surface area (Å²) in [5.74, 6) is -0.781. The van der Waals surface area contributed by atoms with Crippen LogP contribution in [0.1, 0.15) is 46.4 Å². The summed E-state index contributed by atoms with van der Waals surface area (Å²) in [7, 11) is 7.03. The fourth-order valence-electron chi connectivity index (χ4n) is 4.62. The molecule has 0 amide bonds. The number of carbonyl (C=O) groups is 4. The van der Waals surface area contributed by atoms with Crippen molar-refractivity contribution in [1.29, 1.82) is 0 Å². The zero-order valence-electron chi connectivity index (χ0n) is 30.9. The first-order chi connectivity index (χ1) is 26.1. The van der Waals surface area contributed by atoms with Gasteiger partial charge in [0.1, 0.15) is 5.75 Å². The highest BCUT2D eigenvalue weighted by atomic mass is 16.6. The third-order valence-corrected chi connectivity index (χ3v) is 7.33. The number of rotatable bonds is 23. The van der Waals surface area contributed by atoms with E-state index < -0.39 is 23.9 Å².